The number of amides is 1. The van der Waals surface area contributed by atoms with E-state index in [1.165, 1.54) is 4.90 Å². The van der Waals surface area contributed by atoms with Gasteiger partial charge in [-0.2, -0.15) is 5.26 Å². The van der Waals surface area contributed by atoms with Crippen LogP contribution in [0.4, 0.5) is 5.69 Å². The molecule has 1 aromatic carbocycles. The zero-order valence-electron chi connectivity index (χ0n) is 14.3. The highest BCUT2D eigenvalue weighted by Crippen LogP contribution is 2.39. The molecule has 7 nitrogen and oxygen atoms in total. The van der Waals surface area contributed by atoms with E-state index in [2.05, 4.69) is 0 Å². The Morgan fingerprint density at radius 1 is 1.38 bits per heavy atom. The third-order valence-corrected chi connectivity index (χ3v) is 4.67. The van der Waals surface area contributed by atoms with Gasteiger partial charge in [-0.25, -0.2) is 0 Å². The van der Waals surface area contributed by atoms with Crippen LogP contribution in [0.3, 0.4) is 0 Å². The predicted molar refractivity (Wildman–Crippen MR) is 91.8 cm³/mol. The highest BCUT2D eigenvalue weighted by atomic mass is 16.5. The zero-order chi connectivity index (χ0) is 18.8. The first-order chi connectivity index (χ1) is 12.5. The number of rotatable bonds is 4. The lowest BCUT2D eigenvalue weighted by atomic mass is 9.81. The molecule has 1 N–H and O–H groups in total. The van der Waals surface area contributed by atoms with Crippen LogP contribution < -0.4 is 9.64 Å². The Balaban J connectivity index is 1.94. The molecule has 0 fully saturated rings. The molecule has 1 unspecified atom stereocenters. The van der Waals surface area contributed by atoms with Crippen LogP contribution in [-0.4, -0.2) is 35.7 Å². The minimum atomic E-state index is -0.371. The minimum absolute atomic E-state index is 0.0914. The lowest BCUT2D eigenvalue weighted by Crippen LogP contribution is -2.39. The Morgan fingerprint density at radius 2 is 2.15 bits per heavy atom. The molecule has 1 atom stereocenters. The molecule has 1 aliphatic heterocycles. The molecule has 1 amide bonds. The predicted octanol–water partition coefficient (Wildman–Crippen LogP) is 2.17. The molecule has 0 saturated carbocycles. The highest BCUT2D eigenvalue weighted by molar-refractivity contribution is 6.21. The molecule has 1 heterocycles. The first-order valence-corrected chi connectivity index (χ1v) is 8.38. The van der Waals surface area contributed by atoms with Crippen LogP contribution in [0.15, 0.2) is 29.5 Å². The van der Waals surface area contributed by atoms with Crippen molar-refractivity contribution in [3.05, 3.63) is 35.1 Å². The summed E-state index contributed by atoms with van der Waals surface area (Å²) in [5, 5.41) is 19.1. The van der Waals surface area contributed by atoms with Crippen molar-refractivity contribution in [3.63, 3.8) is 0 Å². The molecule has 0 bridgehead atoms. The van der Waals surface area contributed by atoms with Gasteiger partial charge in [0.05, 0.1) is 17.3 Å². The van der Waals surface area contributed by atoms with Crippen LogP contribution in [0.25, 0.3) is 0 Å². The number of carbonyl (C=O) groups excluding carboxylic acids is 3. The van der Waals surface area contributed by atoms with Crippen molar-refractivity contribution >= 4 is 23.2 Å². The maximum atomic E-state index is 12.3. The zero-order valence-corrected chi connectivity index (χ0v) is 14.3. The van der Waals surface area contributed by atoms with E-state index in [4.69, 9.17) is 10.00 Å². The average molecular weight is 354 g/mol. The molecule has 134 valence electrons. The molecule has 3 rings (SSSR count). The standard InChI is InChI=1S/C19H18N2O5/c1-2-14(22)19-15(23)8-12(9-16(19)24)11-3-4-17-13(7-11)21(6-5-20)18(25)10-26-17/h3-4,7,12,23H,2,6,8-10H2,1H3. The summed E-state index contributed by atoms with van der Waals surface area (Å²) in [6, 6.07) is 7.14. The van der Waals surface area contributed by atoms with E-state index in [1.807, 2.05) is 6.07 Å². The number of aliphatic hydroxyl groups is 1. The fraction of sp³-hybridized carbons (Fsp3) is 0.368. The van der Waals surface area contributed by atoms with Gasteiger partial charge in [-0.05, 0) is 23.6 Å². The van der Waals surface area contributed by atoms with Gasteiger partial charge in [0.1, 0.15) is 18.1 Å². The lowest BCUT2D eigenvalue weighted by Gasteiger charge is -2.29. The summed E-state index contributed by atoms with van der Waals surface area (Å²) < 4.78 is 5.39. The van der Waals surface area contributed by atoms with E-state index >= 15 is 0 Å². The normalized spacial score (nSPS) is 19.7. The fourth-order valence-corrected chi connectivity index (χ4v) is 3.34. The number of ketones is 2. The number of ether oxygens (including phenoxy) is 1. The van der Waals surface area contributed by atoms with Gasteiger partial charge < -0.3 is 9.84 Å². The highest BCUT2D eigenvalue weighted by Gasteiger charge is 2.33. The van der Waals surface area contributed by atoms with Crippen LogP contribution in [0.2, 0.25) is 0 Å². The van der Waals surface area contributed by atoms with Gasteiger partial charge in [-0.3, -0.25) is 19.3 Å². The van der Waals surface area contributed by atoms with Crippen molar-refractivity contribution in [3.8, 4) is 11.8 Å². The van der Waals surface area contributed by atoms with E-state index in [9.17, 15) is 19.5 Å². The molecule has 0 saturated heterocycles. The van der Waals surface area contributed by atoms with E-state index in [-0.39, 0.29) is 67.1 Å². The molecule has 26 heavy (non-hydrogen) atoms. The van der Waals surface area contributed by atoms with Crippen molar-refractivity contribution < 1.29 is 24.2 Å². The summed E-state index contributed by atoms with van der Waals surface area (Å²) >= 11 is 0. The van der Waals surface area contributed by atoms with Gasteiger partial charge in [0.15, 0.2) is 18.2 Å². The minimum Gasteiger partial charge on any atom is -0.511 e. The van der Waals surface area contributed by atoms with Crippen molar-refractivity contribution in [2.24, 2.45) is 0 Å². The Kier molecular flexibility index (Phi) is 4.76. The average Bonchev–Trinajstić information content (AvgIpc) is 2.63. The van der Waals surface area contributed by atoms with Gasteiger partial charge in [0.2, 0.25) is 0 Å². The summed E-state index contributed by atoms with van der Waals surface area (Å²) in [6.07, 6.45) is 0.451. The van der Waals surface area contributed by atoms with Gasteiger partial charge in [-0.15, -0.1) is 0 Å². The second kappa shape index (κ2) is 7.00. The summed E-state index contributed by atoms with van der Waals surface area (Å²) in [7, 11) is 0. The summed E-state index contributed by atoms with van der Waals surface area (Å²) in [5.74, 6) is -1.03. The molecule has 1 aliphatic carbocycles. The number of benzene rings is 1. The Morgan fingerprint density at radius 3 is 2.81 bits per heavy atom. The third kappa shape index (κ3) is 3.06. The van der Waals surface area contributed by atoms with E-state index < -0.39 is 0 Å². The summed E-state index contributed by atoms with van der Waals surface area (Å²) in [5.41, 5.74) is 1.13. The van der Waals surface area contributed by atoms with Crippen LogP contribution in [0.1, 0.15) is 37.7 Å². The molecule has 2 aliphatic rings. The Labute approximate surface area is 150 Å². The van der Waals surface area contributed by atoms with E-state index in [0.29, 0.717) is 11.4 Å². The first-order valence-electron chi connectivity index (χ1n) is 8.38. The molecule has 0 radical (unpaired) electrons. The van der Waals surface area contributed by atoms with Gasteiger partial charge in [-0.1, -0.05) is 13.0 Å². The second-order valence-electron chi connectivity index (χ2n) is 6.28. The number of nitrogens with zero attached hydrogens (tertiary/aromatic N) is 2. The van der Waals surface area contributed by atoms with E-state index in [0.717, 1.165) is 5.56 Å². The summed E-state index contributed by atoms with van der Waals surface area (Å²) in [4.78, 5) is 37.5. The lowest BCUT2D eigenvalue weighted by molar-refractivity contribution is -0.123. The number of allylic oxidation sites excluding steroid dienone is 2. The maximum Gasteiger partial charge on any atom is 0.265 e. The number of carbonyl (C=O) groups is 3. The third-order valence-electron chi connectivity index (χ3n) is 4.67. The van der Waals surface area contributed by atoms with Crippen LogP contribution in [-0.2, 0) is 14.4 Å². The molecule has 1 aromatic rings. The van der Waals surface area contributed by atoms with Crippen molar-refractivity contribution in [1.29, 1.82) is 5.26 Å². The Bertz CT molecular complexity index is 865. The first kappa shape index (κ1) is 17.7. The van der Waals surface area contributed by atoms with Crippen molar-refractivity contribution in [2.45, 2.75) is 32.1 Å². The number of fused-ring (bicyclic) bond motifs is 1. The number of nitriles is 1. The quantitative estimate of drug-likeness (QED) is 0.656. The molecule has 0 aromatic heterocycles. The smallest absolute Gasteiger partial charge is 0.265 e. The largest absolute Gasteiger partial charge is 0.511 e. The molecule has 7 heteroatoms. The maximum absolute atomic E-state index is 12.3. The number of hydrogen-bond acceptors (Lipinski definition) is 6. The number of Topliss-reactive ketones (excluding diaryl/α,β-unsaturated/α-hetero) is 2. The fourth-order valence-electron chi connectivity index (χ4n) is 3.34. The Hall–Kier alpha value is -3.14. The van der Waals surface area contributed by atoms with Crippen LogP contribution >= 0.6 is 0 Å². The SMILES string of the molecule is CCC(=O)C1=C(O)CC(c2ccc3c(c2)N(CC#N)C(=O)CO3)CC1=O. The van der Waals surface area contributed by atoms with Gasteiger partial charge in [0, 0.05) is 19.3 Å². The van der Waals surface area contributed by atoms with Crippen LogP contribution in [0.5, 0.6) is 5.75 Å². The van der Waals surface area contributed by atoms with Crippen molar-refractivity contribution in [1.82, 2.24) is 0 Å². The summed E-state index contributed by atoms with van der Waals surface area (Å²) in [6.45, 7) is 1.43. The van der Waals surface area contributed by atoms with Crippen molar-refractivity contribution in [2.75, 3.05) is 18.1 Å². The van der Waals surface area contributed by atoms with Gasteiger partial charge >= 0.3 is 0 Å². The second-order valence-corrected chi connectivity index (χ2v) is 6.28. The van der Waals surface area contributed by atoms with Gasteiger partial charge in [0.25, 0.3) is 5.91 Å². The number of hydrogen-bond donors (Lipinski definition) is 1. The van der Waals surface area contributed by atoms with E-state index in [1.54, 1.807) is 25.1 Å². The van der Waals surface area contributed by atoms with Crippen LogP contribution in [0, 0.1) is 11.3 Å². The molecular formula is C19H18N2O5. The number of aliphatic hydroxyl groups excluding tert-OH is 1. The monoisotopic (exact) mass is 354 g/mol. The molecular weight excluding hydrogens is 336 g/mol. The molecule has 0 spiro atoms. The topological polar surface area (TPSA) is 108 Å². The number of anilines is 1.